The highest BCUT2D eigenvalue weighted by Crippen LogP contribution is 2.26. The number of hydrogen-bond donors (Lipinski definition) is 0. The van der Waals surface area contributed by atoms with Gasteiger partial charge in [0.25, 0.3) is 0 Å². The Morgan fingerprint density at radius 2 is 2.11 bits per heavy atom. The van der Waals surface area contributed by atoms with Crippen LogP contribution in [-0.2, 0) is 9.53 Å². The monoisotopic (exact) mass is 288 g/mol. The fourth-order valence-corrected chi connectivity index (χ4v) is 2.26. The predicted molar refractivity (Wildman–Crippen MR) is 73.2 cm³/mol. The zero-order valence-electron chi connectivity index (χ0n) is 11.0. The van der Waals surface area contributed by atoms with Crippen molar-refractivity contribution in [3.63, 3.8) is 0 Å². The fourth-order valence-electron chi connectivity index (χ4n) is 1.21. The van der Waals surface area contributed by atoms with Crippen LogP contribution in [0.15, 0.2) is 5.03 Å². The molecular weight excluding hydrogens is 272 g/mol. The minimum Gasteiger partial charge on any atom is -0.465 e. The molecule has 0 aliphatic heterocycles. The van der Waals surface area contributed by atoms with E-state index >= 15 is 0 Å². The van der Waals surface area contributed by atoms with Crippen LogP contribution in [0.25, 0.3) is 0 Å². The van der Waals surface area contributed by atoms with Crippen molar-refractivity contribution in [3.8, 4) is 0 Å². The van der Waals surface area contributed by atoms with E-state index in [2.05, 4.69) is 9.97 Å². The van der Waals surface area contributed by atoms with Crippen molar-refractivity contribution in [2.45, 2.75) is 38.6 Å². The second kappa shape index (κ2) is 6.95. The van der Waals surface area contributed by atoms with E-state index in [4.69, 9.17) is 16.3 Å². The number of carbonyl (C=O) groups excluding carboxylic acids is 1. The van der Waals surface area contributed by atoms with Gasteiger partial charge in [0.05, 0.1) is 12.4 Å². The van der Waals surface area contributed by atoms with Crippen molar-refractivity contribution < 1.29 is 9.53 Å². The maximum absolute atomic E-state index is 11.3. The Morgan fingerprint density at radius 1 is 1.44 bits per heavy atom. The first kappa shape index (κ1) is 15.2. The van der Waals surface area contributed by atoms with Crippen molar-refractivity contribution in [2.75, 3.05) is 12.4 Å². The van der Waals surface area contributed by atoms with E-state index in [1.807, 2.05) is 20.8 Å². The van der Waals surface area contributed by atoms with Gasteiger partial charge in [0.1, 0.15) is 16.0 Å². The molecule has 1 aromatic rings. The zero-order chi connectivity index (χ0) is 13.7. The SMILES string of the molecule is CCOC(=O)CSc1nc(C(C)C)nc(Cl)c1C. The summed E-state index contributed by atoms with van der Waals surface area (Å²) < 4.78 is 4.88. The van der Waals surface area contributed by atoms with Gasteiger partial charge in [0.15, 0.2) is 0 Å². The highest BCUT2D eigenvalue weighted by atomic mass is 35.5. The van der Waals surface area contributed by atoms with E-state index in [0.29, 0.717) is 17.6 Å². The lowest BCUT2D eigenvalue weighted by Crippen LogP contribution is -2.08. The molecule has 0 atom stereocenters. The molecule has 0 saturated carbocycles. The molecule has 1 rings (SSSR count). The van der Waals surface area contributed by atoms with Gasteiger partial charge in [0, 0.05) is 11.5 Å². The molecule has 0 unspecified atom stereocenters. The molecule has 0 aliphatic rings. The van der Waals surface area contributed by atoms with Gasteiger partial charge >= 0.3 is 5.97 Å². The Hall–Kier alpha value is -0.810. The minimum atomic E-state index is -0.247. The quantitative estimate of drug-likeness (QED) is 0.473. The molecule has 1 heterocycles. The average molecular weight is 289 g/mol. The zero-order valence-corrected chi connectivity index (χ0v) is 12.6. The van der Waals surface area contributed by atoms with Gasteiger partial charge in [-0.1, -0.05) is 37.2 Å². The van der Waals surface area contributed by atoms with Crippen LogP contribution in [0.1, 0.15) is 38.1 Å². The normalized spacial score (nSPS) is 10.8. The van der Waals surface area contributed by atoms with Crippen LogP contribution >= 0.6 is 23.4 Å². The Bertz CT molecular complexity index is 438. The van der Waals surface area contributed by atoms with Gasteiger partial charge in [-0.05, 0) is 13.8 Å². The smallest absolute Gasteiger partial charge is 0.316 e. The number of rotatable bonds is 5. The summed E-state index contributed by atoms with van der Waals surface area (Å²) >= 11 is 7.39. The van der Waals surface area contributed by atoms with E-state index in [1.165, 1.54) is 11.8 Å². The van der Waals surface area contributed by atoms with Crippen molar-refractivity contribution in [1.29, 1.82) is 0 Å². The summed E-state index contributed by atoms with van der Waals surface area (Å²) in [6.45, 7) is 8.02. The van der Waals surface area contributed by atoms with E-state index in [0.717, 1.165) is 10.6 Å². The Morgan fingerprint density at radius 3 is 2.67 bits per heavy atom. The summed E-state index contributed by atoms with van der Waals surface area (Å²) in [6, 6.07) is 0. The van der Waals surface area contributed by atoms with Crippen LogP contribution in [0, 0.1) is 6.92 Å². The summed E-state index contributed by atoms with van der Waals surface area (Å²) in [6.07, 6.45) is 0. The van der Waals surface area contributed by atoms with Gasteiger partial charge in [-0.25, -0.2) is 9.97 Å². The first-order valence-corrected chi connectivity index (χ1v) is 7.14. The Labute approximate surface area is 116 Å². The number of ether oxygens (including phenoxy) is 1. The first-order chi connectivity index (χ1) is 8.45. The van der Waals surface area contributed by atoms with Gasteiger partial charge in [-0.3, -0.25) is 4.79 Å². The maximum atomic E-state index is 11.3. The average Bonchev–Trinajstić information content (AvgIpc) is 2.31. The van der Waals surface area contributed by atoms with Crippen LogP contribution in [0.2, 0.25) is 5.15 Å². The molecule has 6 heteroatoms. The van der Waals surface area contributed by atoms with Crippen molar-refractivity contribution >= 4 is 29.3 Å². The number of carbonyl (C=O) groups is 1. The standard InChI is InChI=1S/C12H17ClN2O2S/c1-5-17-9(16)6-18-12-8(4)10(13)14-11(15-12)7(2)3/h7H,5-6H2,1-4H3. The Kier molecular flexibility index (Phi) is 5.88. The third kappa shape index (κ3) is 4.14. The van der Waals surface area contributed by atoms with Gasteiger partial charge in [0.2, 0.25) is 0 Å². The predicted octanol–water partition coefficient (Wildman–Crippen LogP) is 3.22. The van der Waals surface area contributed by atoms with E-state index in [1.54, 1.807) is 6.92 Å². The van der Waals surface area contributed by atoms with Crippen LogP contribution in [0.3, 0.4) is 0 Å². The fraction of sp³-hybridized carbons (Fsp3) is 0.583. The summed E-state index contributed by atoms with van der Waals surface area (Å²) in [4.78, 5) is 20.0. The highest BCUT2D eigenvalue weighted by molar-refractivity contribution is 7.99. The molecule has 0 radical (unpaired) electrons. The van der Waals surface area contributed by atoms with E-state index in [-0.39, 0.29) is 17.6 Å². The molecule has 0 fully saturated rings. The number of aromatic nitrogens is 2. The van der Waals surface area contributed by atoms with E-state index in [9.17, 15) is 4.79 Å². The van der Waals surface area contributed by atoms with Crippen LogP contribution in [-0.4, -0.2) is 28.3 Å². The second-order valence-electron chi connectivity index (χ2n) is 4.05. The lowest BCUT2D eigenvalue weighted by molar-refractivity contribution is -0.139. The molecule has 1 aromatic heterocycles. The molecular formula is C12H17ClN2O2S. The van der Waals surface area contributed by atoms with Gasteiger partial charge < -0.3 is 4.74 Å². The topological polar surface area (TPSA) is 52.1 Å². The summed E-state index contributed by atoms with van der Waals surface area (Å²) in [5, 5.41) is 1.19. The number of esters is 1. The van der Waals surface area contributed by atoms with Crippen molar-refractivity contribution in [1.82, 2.24) is 9.97 Å². The molecule has 0 aromatic carbocycles. The third-order valence-electron chi connectivity index (χ3n) is 2.21. The van der Waals surface area contributed by atoms with Crippen LogP contribution in [0.4, 0.5) is 0 Å². The minimum absolute atomic E-state index is 0.199. The summed E-state index contributed by atoms with van der Waals surface area (Å²) in [5.41, 5.74) is 0.801. The summed E-state index contributed by atoms with van der Waals surface area (Å²) in [5.74, 6) is 0.879. The molecule has 0 amide bonds. The molecule has 0 aliphatic carbocycles. The van der Waals surface area contributed by atoms with Crippen LogP contribution < -0.4 is 0 Å². The van der Waals surface area contributed by atoms with Gasteiger partial charge in [-0.2, -0.15) is 0 Å². The van der Waals surface area contributed by atoms with Crippen molar-refractivity contribution in [2.24, 2.45) is 0 Å². The molecule has 4 nitrogen and oxygen atoms in total. The lowest BCUT2D eigenvalue weighted by Gasteiger charge is -2.10. The molecule has 0 saturated heterocycles. The number of nitrogens with zero attached hydrogens (tertiary/aromatic N) is 2. The summed E-state index contributed by atoms with van der Waals surface area (Å²) in [7, 11) is 0. The molecule has 18 heavy (non-hydrogen) atoms. The molecule has 100 valence electrons. The van der Waals surface area contributed by atoms with Crippen LogP contribution in [0.5, 0.6) is 0 Å². The van der Waals surface area contributed by atoms with E-state index < -0.39 is 0 Å². The molecule has 0 bridgehead atoms. The molecule has 0 N–H and O–H groups in total. The van der Waals surface area contributed by atoms with Crippen molar-refractivity contribution in [3.05, 3.63) is 16.5 Å². The largest absolute Gasteiger partial charge is 0.465 e. The number of thioether (sulfide) groups is 1. The van der Waals surface area contributed by atoms with Gasteiger partial charge in [-0.15, -0.1) is 0 Å². The number of halogens is 1. The second-order valence-corrected chi connectivity index (χ2v) is 5.37. The first-order valence-electron chi connectivity index (χ1n) is 5.78. The number of hydrogen-bond acceptors (Lipinski definition) is 5. The Balaban J connectivity index is 2.84. The maximum Gasteiger partial charge on any atom is 0.316 e. The highest BCUT2D eigenvalue weighted by Gasteiger charge is 2.13. The molecule has 0 spiro atoms. The lowest BCUT2D eigenvalue weighted by atomic mass is 10.2. The third-order valence-corrected chi connectivity index (χ3v) is 3.63.